The number of nitrogens with one attached hydrogen (secondary N) is 2. The molecule has 1 aromatic carbocycles. The number of aromatic nitrogens is 4. The fourth-order valence-corrected chi connectivity index (χ4v) is 3.30. The van der Waals surface area contributed by atoms with Crippen molar-refractivity contribution >= 4 is 11.5 Å². The Morgan fingerprint density at radius 3 is 2.59 bits per heavy atom. The summed E-state index contributed by atoms with van der Waals surface area (Å²) in [5, 5.41) is 3.23. The van der Waals surface area contributed by atoms with Crippen molar-refractivity contribution in [1.82, 2.24) is 19.9 Å². The van der Waals surface area contributed by atoms with E-state index in [2.05, 4.69) is 30.0 Å². The van der Waals surface area contributed by atoms with Gasteiger partial charge >= 0.3 is 6.36 Å². The maximum atomic E-state index is 12.8. The molecule has 0 aliphatic carbocycles. The summed E-state index contributed by atoms with van der Waals surface area (Å²) in [4.78, 5) is 16.3. The zero-order valence-corrected chi connectivity index (χ0v) is 14.7. The quantitative estimate of drug-likeness (QED) is 0.432. The first-order valence-corrected chi connectivity index (χ1v) is 8.61. The maximum Gasteiger partial charge on any atom is 0.573 e. The van der Waals surface area contributed by atoms with Gasteiger partial charge in [-0.2, -0.15) is 0 Å². The Balaban J connectivity index is 1.73. The van der Waals surface area contributed by atoms with Gasteiger partial charge in [0.2, 0.25) is 0 Å². The van der Waals surface area contributed by atoms with Crippen molar-refractivity contribution in [1.29, 1.82) is 0 Å². The Bertz CT molecular complexity index is 1160. The number of hydrogen-bond donors (Lipinski definition) is 2. The van der Waals surface area contributed by atoms with E-state index < -0.39 is 6.36 Å². The molecule has 9 heteroatoms. The molecule has 0 radical (unpaired) electrons. The summed E-state index contributed by atoms with van der Waals surface area (Å²) in [6.07, 6.45) is 0.129. The highest BCUT2D eigenvalue weighted by molar-refractivity contribution is 5.95. The lowest BCUT2D eigenvalue weighted by Gasteiger charge is -2.12. The van der Waals surface area contributed by atoms with Gasteiger partial charge in [0, 0.05) is 23.5 Å². The van der Waals surface area contributed by atoms with Gasteiger partial charge in [0.05, 0.1) is 23.1 Å². The van der Waals surface area contributed by atoms with E-state index in [1.807, 2.05) is 6.07 Å². The Kier molecular flexibility index (Phi) is 3.76. The van der Waals surface area contributed by atoms with E-state index in [0.717, 1.165) is 11.1 Å². The van der Waals surface area contributed by atoms with E-state index in [0.29, 0.717) is 22.9 Å². The number of para-hydroxylation sites is 1. The summed E-state index contributed by atoms with van der Waals surface area (Å²) in [5.74, 6) is 0.510. The van der Waals surface area contributed by atoms with E-state index in [9.17, 15) is 13.2 Å². The molecule has 4 heterocycles. The highest BCUT2D eigenvalue weighted by Crippen LogP contribution is 2.43. The number of benzene rings is 1. The first kappa shape index (κ1) is 17.2. The number of alkyl halides is 3. The largest absolute Gasteiger partial charge is 0.573 e. The highest BCUT2D eigenvalue weighted by atomic mass is 19.4. The van der Waals surface area contributed by atoms with Gasteiger partial charge in [0.1, 0.15) is 23.1 Å². The van der Waals surface area contributed by atoms with Crippen LogP contribution in [0.15, 0.2) is 61.1 Å². The normalized spacial score (nSPS) is 12.2. The Hall–Kier alpha value is -3.88. The summed E-state index contributed by atoms with van der Waals surface area (Å²) >= 11 is 0. The number of halogens is 3. The second kappa shape index (κ2) is 6.33. The summed E-state index contributed by atoms with van der Waals surface area (Å²) in [6.45, 7) is 0. The molecule has 1 aliphatic heterocycles. The van der Waals surface area contributed by atoms with Crippen LogP contribution < -0.4 is 10.1 Å². The summed E-state index contributed by atoms with van der Waals surface area (Å²) in [6, 6.07) is 11.3. The number of imidazole rings is 1. The molecule has 0 saturated heterocycles. The van der Waals surface area contributed by atoms with E-state index >= 15 is 0 Å². The van der Waals surface area contributed by atoms with Crippen LogP contribution in [0.3, 0.4) is 0 Å². The zero-order chi connectivity index (χ0) is 20.0. The molecule has 2 N–H and O–H groups in total. The number of fused-ring (bicyclic) bond motifs is 5. The number of anilines is 2. The molecule has 3 aromatic heterocycles. The van der Waals surface area contributed by atoms with Gasteiger partial charge in [0.15, 0.2) is 0 Å². The van der Waals surface area contributed by atoms with Gasteiger partial charge in [-0.05, 0) is 30.3 Å². The molecule has 0 unspecified atom stereocenters. The third-order valence-electron chi connectivity index (χ3n) is 4.48. The van der Waals surface area contributed by atoms with Crippen molar-refractivity contribution in [3.63, 3.8) is 0 Å². The van der Waals surface area contributed by atoms with E-state index in [4.69, 9.17) is 0 Å². The molecule has 0 fully saturated rings. The molecule has 0 amide bonds. The van der Waals surface area contributed by atoms with Crippen LogP contribution in [0.1, 0.15) is 0 Å². The number of H-pyrrole nitrogens is 1. The van der Waals surface area contributed by atoms with Crippen LogP contribution in [0.4, 0.5) is 24.7 Å². The molecule has 0 bridgehead atoms. The summed E-state index contributed by atoms with van der Waals surface area (Å²) < 4.78 is 42.7. The van der Waals surface area contributed by atoms with E-state index in [1.165, 1.54) is 18.2 Å². The van der Waals surface area contributed by atoms with Crippen molar-refractivity contribution in [3.05, 3.63) is 61.1 Å². The minimum absolute atomic E-state index is 0.201. The number of rotatable bonds is 2. The molecule has 0 spiro atoms. The number of ether oxygens (including phenoxy) is 1. The van der Waals surface area contributed by atoms with Gasteiger partial charge < -0.3 is 15.0 Å². The second-order valence-corrected chi connectivity index (χ2v) is 6.30. The first-order chi connectivity index (χ1) is 14.0. The molecule has 144 valence electrons. The van der Waals surface area contributed by atoms with Crippen LogP contribution >= 0.6 is 0 Å². The smallest absolute Gasteiger partial charge is 0.405 e. The second-order valence-electron chi connectivity index (χ2n) is 6.30. The molecule has 5 rings (SSSR count). The maximum absolute atomic E-state index is 12.8. The molecule has 6 nitrogen and oxygen atoms in total. The molecule has 4 aromatic rings. The number of nitrogens with zero attached hydrogens (tertiary/aromatic N) is 3. The predicted octanol–water partition coefficient (Wildman–Crippen LogP) is 5.16. The van der Waals surface area contributed by atoms with Gasteiger partial charge in [-0.1, -0.05) is 12.1 Å². The standard InChI is InChI=1S/C20H12F3N5O/c21-20(22,23)29-15-6-2-1-4-12(15)19-27-16-11-7-9-24-10-14(11)26-18-13(17(16)28-19)5-3-8-25-18/h1-10H,(H,25,26)(H,27,28). The number of hydrogen-bond acceptors (Lipinski definition) is 5. The first-order valence-electron chi connectivity index (χ1n) is 8.61. The highest BCUT2D eigenvalue weighted by Gasteiger charge is 2.33. The van der Waals surface area contributed by atoms with Crippen LogP contribution in [-0.2, 0) is 0 Å². The van der Waals surface area contributed by atoms with Crippen molar-refractivity contribution in [2.24, 2.45) is 0 Å². The van der Waals surface area contributed by atoms with Crippen LogP contribution in [0.5, 0.6) is 5.75 Å². The fraction of sp³-hybridized carbons (Fsp3) is 0.0500. The number of pyridine rings is 2. The van der Waals surface area contributed by atoms with Gasteiger partial charge in [0.25, 0.3) is 0 Å². The van der Waals surface area contributed by atoms with Gasteiger partial charge in [-0.15, -0.1) is 13.2 Å². The molecule has 0 atom stereocenters. The van der Waals surface area contributed by atoms with Crippen molar-refractivity contribution in [2.75, 3.05) is 5.32 Å². The van der Waals surface area contributed by atoms with Gasteiger partial charge in [-0.3, -0.25) is 4.98 Å². The summed E-state index contributed by atoms with van der Waals surface area (Å²) in [5.41, 5.74) is 3.63. The predicted molar refractivity (Wildman–Crippen MR) is 100 cm³/mol. The zero-order valence-electron chi connectivity index (χ0n) is 14.7. The molecule has 1 aliphatic rings. The average molecular weight is 395 g/mol. The van der Waals surface area contributed by atoms with Crippen molar-refractivity contribution in [2.45, 2.75) is 6.36 Å². The Labute approximate surface area is 162 Å². The molecule has 29 heavy (non-hydrogen) atoms. The molecular weight excluding hydrogens is 383 g/mol. The average Bonchev–Trinajstić information content (AvgIpc) is 3.08. The number of aromatic amines is 1. The van der Waals surface area contributed by atoms with Crippen molar-refractivity contribution < 1.29 is 17.9 Å². The lowest BCUT2D eigenvalue weighted by Crippen LogP contribution is -2.17. The van der Waals surface area contributed by atoms with E-state index in [1.54, 1.807) is 36.8 Å². The van der Waals surface area contributed by atoms with Crippen LogP contribution in [0, 0.1) is 0 Å². The minimum Gasteiger partial charge on any atom is -0.405 e. The van der Waals surface area contributed by atoms with Crippen LogP contribution in [-0.4, -0.2) is 26.3 Å². The summed E-state index contributed by atoms with van der Waals surface area (Å²) in [7, 11) is 0. The molecule has 0 saturated carbocycles. The van der Waals surface area contributed by atoms with E-state index in [-0.39, 0.29) is 17.1 Å². The Morgan fingerprint density at radius 1 is 0.897 bits per heavy atom. The topological polar surface area (TPSA) is 75.7 Å². The fourth-order valence-electron chi connectivity index (χ4n) is 3.30. The minimum atomic E-state index is -4.81. The Morgan fingerprint density at radius 2 is 1.72 bits per heavy atom. The monoisotopic (exact) mass is 395 g/mol. The SMILES string of the molecule is FC(F)(F)Oc1ccccc1-c1nc2c([nH]1)-c1ccncc1Nc1ncccc1-2. The lowest BCUT2D eigenvalue weighted by molar-refractivity contribution is -0.274. The van der Waals surface area contributed by atoms with Crippen molar-refractivity contribution in [3.8, 4) is 39.7 Å². The third kappa shape index (κ3) is 3.06. The van der Waals surface area contributed by atoms with Crippen LogP contribution in [0.25, 0.3) is 33.9 Å². The third-order valence-corrected chi connectivity index (χ3v) is 4.48. The molecular formula is C20H12F3N5O. The van der Waals surface area contributed by atoms with Crippen LogP contribution in [0.2, 0.25) is 0 Å². The van der Waals surface area contributed by atoms with Gasteiger partial charge in [-0.25, -0.2) is 9.97 Å². The lowest BCUT2D eigenvalue weighted by atomic mass is 10.1.